The Kier molecular flexibility index (Phi) is 6.94. The zero-order valence-corrected chi connectivity index (χ0v) is 17.6. The van der Waals surface area contributed by atoms with Crippen LogP contribution in [0.5, 0.6) is 5.75 Å². The van der Waals surface area contributed by atoms with Gasteiger partial charge in [0.05, 0.1) is 5.56 Å². The SMILES string of the molecule is Cc1cc(NC(=O)c2c(C)cccc2OCCN2CCN(C)CC2)ccc1Cl. The standard InChI is InChI=1S/C22H28ClN3O2/c1-16-5-4-6-20(28-14-13-26-11-9-25(3)10-12-26)21(16)22(27)24-18-7-8-19(23)17(2)15-18/h4-8,15H,9-14H2,1-3H3,(H,24,27). The van der Waals surface area contributed by atoms with E-state index >= 15 is 0 Å². The number of amides is 1. The molecule has 0 aliphatic carbocycles. The van der Waals surface area contributed by atoms with Gasteiger partial charge in [-0.3, -0.25) is 9.69 Å². The summed E-state index contributed by atoms with van der Waals surface area (Å²) in [5.74, 6) is 0.451. The maximum Gasteiger partial charge on any atom is 0.259 e. The van der Waals surface area contributed by atoms with Gasteiger partial charge in [0.1, 0.15) is 12.4 Å². The molecule has 3 rings (SSSR count). The van der Waals surface area contributed by atoms with E-state index in [0.717, 1.165) is 49.5 Å². The van der Waals surface area contributed by atoms with Gasteiger partial charge in [-0.2, -0.15) is 0 Å². The fourth-order valence-corrected chi connectivity index (χ4v) is 3.44. The van der Waals surface area contributed by atoms with E-state index in [1.165, 1.54) is 0 Å². The molecule has 0 spiro atoms. The minimum absolute atomic E-state index is 0.172. The lowest BCUT2D eigenvalue weighted by molar-refractivity contribution is 0.101. The molecule has 1 saturated heterocycles. The number of carbonyl (C=O) groups excluding carboxylic acids is 1. The number of rotatable bonds is 6. The molecule has 2 aromatic rings. The van der Waals surface area contributed by atoms with Gasteiger partial charge in [-0.05, 0) is 56.3 Å². The van der Waals surface area contributed by atoms with E-state index in [-0.39, 0.29) is 5.91 Å². The van der Waals surface area contributed by atoms with E-state index in [1.54, 1.807) is 12.1 Å². The van der Waals surface area contributed by atoms with Gasteiger partial charge in [0.25, 0.3) is 5.91 Å². The van der Waals surface area contributed by atoms with Crippen molar-refractivity contribution in [3.63, 3.8) is 0 Å². The molecular weight excluding hydrogens is 374 g/mol. The first-order chi connectivity index (χ1) is 13.4. The molecule has 5 nitrogen and oxygen atoms in total. The van der Waals surface area contributed by atoms with Gasteiger partial charge >= 0.3 is 0 Å². The van der Waals surface area contributed by atoms with Gasteiger partial charge < -0.3 is 15.0 Å². The Labute approximate surface area is 172 Å². The molecule has 0 unspecified atom stereocenters. The zero-order chi connectivity index (χ0) is 20.1. The fourth-order valence-electron chi connectivity index (χ4n) is 3.32. The maximum absolute atomic E-state index is 12.9. The lowest BCUT2D eigenvalue weighted by Crippen LogP contribution is -2.45. The van der Waals surface area contributed by atoms with E-state index in [0.29, 0.717) is 22.9 Å². The summed E-state index contributed by atoms with van der Waals surface area (Å²) >= 11 is 6.07. The molecule has 150 valence electrons. The monoisotopic (exact) mass is 401 g/mol. The van der Waals surface area contributed by atoms with Gasteiger partial charge in [0.2, 0.25) is 0 Å². The van der Waals surface area contributed by atoms with Crippen molar-refractivity contribution in [2.45, 2.75) is 13.8 Å². The van der Waals surface area contributed by atoms with Gasteiger partial charge in [0, 0.05) is 43.4 Å². The second-order valence-corrected chi connectivity index (χ2v) is 7.77. The van der Waals surface area contributed by atoms with E-state index in [4.69, 9.17) is 16.3 Å². The Morgan fingerprint density at radius 3 is 2.57 bits per heavy atom. The number of carbonyl (C=O) groups is 1. The molecule has 2 aromatic carbocycles. The topological polar surface area (TPSA) is 44.8 Å². The lowest BCUT2D eigenvalue weighted by Gasteiger charge is -2.32. The van der Waals surface area contributed by atoms with E-state index in [2.05, 4.69) is 22.2 Å². The fraction of sp³-hybridized carbons (Fsp3) is 0.409. The average Bonchev–Trinajstić information content (AvgIpc) is 2.66. The van der Waals surface area contributed by atoms with Crippen molar-refractivity contribution in [2.75, 3.05) is 51.7 Å². The van der Waals surface area contributed by atoms with Crippen LogP contribution in [0.1, 0.15) is 21.5 Å². The third-order valence-corrected chi connectivity index (χ3v) is 5.56. The van der Waals surface area contributed by atoms with Crippen LogP contribution in [0.2, 0.25) is 5.02 Å². The van der Waals surface area contributed by atoms with Gasteiger partial charge in [-0.25, -0.2) is 0 Å². The van der Waals surface area contributed by atoms with Crippen LogP contribution in [-0.2, 0) is 0 Å². The Morgan fingerprint density at radius 1 is 1.11 bits per heavy atom. The number of hydrogen-bond acceptors (Lipinski definition) is 4. The van der Waals surface area contributed by atoms with E-state index < -0.39 is 0 Å². The molecule has 0 atom stereocenters. The molecule has 0 aromatic heterocycles. The van der Waals surface area contributed by atoms with Crippen molar-refractivity contribution in [1.82, 2.24) is 9.80 Å². The minimum Gasteiger partial charge on any atom is -0.491 e. The zero-order valence-electron chi connectivity index (χ0n) is 16.8. The summed E-state index contributed by atoms with van der Waals surface area (Å²) < 4.78 is 6.01. The first-order valence-electron chi connectivity index (χ1n) is 9.65. The number of benzene rings is 2. The number of hydrogen-bond donors (Lipinski definition) is 1. The van der Waals surface area contributed by atoms with E-state index in [1.807, 2.05) is 38.1 Å². The highest BCUT2D eigenvalue weighted by atomic mass is 35.5. The van der Waals surface area contributed by atoms with Crippen LogP contribution in [0.15, 0.2) is 36.4 Å². The largest absolute Gasteiger partial charge is 0.491 e. The molecule has 0 radical (unpaired) electrons. The number of piperazine rings is 1. The average molecular weight is 402 g/mol. The minimum atomic E-state index is -0.172. The number of nitrogens with one attached hydrogen (secondary N) is 1. The molecule has 1 fully saturated rings. The highest BCUT2D eigenvalue weighted by Gasteiger charge is 2.17. The second kappa shape index (κ2) is 9.41. The van der Waals surface area contributed by atoms with Crippen LogP contribution in [0.25, 0.3) is 0 Å². The second-order valence-electron chi connectivity index (χ2n) is 7.36. The van der Waals surface area contributed by atoms with Gasteiger partial charge in [-0.1, -0.05) is 23.7 Å². The maximum atomic E-state index is 12.9. The molecule has 28 heavy (non-hydrogen) atoms. The van der Waals surface area contributed by atoms with Crippen molar-refractivity contribution in [3.05, 3.63) is 58.1 Å². The Morgan fingerprint density at radius 2 is 1.86 bits per heavy atom. The van der Waals surface area contributed by atoms with Crippen LogP contribution in [-0.4, -0.2) is 62.1 Å². The highest BCUT2D eigenvalue weighted by molar-refractivity contribution is 6.31. The number of ether oxygens (including phenoxy) is 1. The van der Waals surface area contributed by atoms with Crippen LogP contribution < -0.4 is 10.1 Å². The summed E-state index contributed by atoms with van der Waals surface area (Å²) in [6, 6.07) is 11.2. The molecule has 1 N–H and O–H groups in total. The number of nitrogens with zero attached hydrogens (tertiary/aromatic N) is 2. The quantitative estimate of drug-likeness (QED) is 0.798. The van der Waals surface area contributed by atoms with Crippen molar-refractivity contribution < 1.29 is 9.53 Å². The summed E-state index contributed by atoms with van der Waals surface area (Å²) in [5.41, 5.74) is 3.11. The van der Waals surface area contributed by atoms with Crippen molar-refractivity contribution in [1.29, 1.82) is 0 Å². The molecule has 1 aliphatic rings. The molecule has 1 amide bonds. The number of halogens is 1. The predicted molar refractivity (Wildman–Crippen MR) is 115 cm³/mol. The molecule has 0 bridgehead atoms. The summed E-state index contributed by atoms with van der Waals surface area (Å²) in [6.45, 7) is 9.53. The van der Waals surface area contributed by atoms with Crippen LogP contribution in [0, 0.1) is 13.8 Å². The van der Waals surface area contributed by atoms with Crippen molar-refractivity contribution in [3.8, 4) is 5.75 Å². The van der Waals surface area contributed by atoms with Gasteiger partial charge in [-0.15, -0.1) is 0 Å². The summed E-state index contributed by atoms with van der Waals surface area (Å²) in [5, 5.41) is 3.64. The Hall–Kier alpha value is -2.08. The third-order valence-electron chi connectivity index (χ3n) is 5.14. The molecule has 1 heterocycles. The number of anilines is 1. The third kappa shape index (κ3) is 5.25. The number of likely N-dealkylation sites (N-methyl/N-ethyl adjacent to an activating group) is 1. The lowest BCUT2D eigenvalue weighted by atomic mass is 10.1. The van der Waals surface area contributed by atoms with Crippen LogP contribution >= 0.6 is 11.6 Å². The number of aryl methyl sites for hydroxylation is 2. The summed E-state index contributed by atoms with van der Waals surface area (Å²) in [7, 11) is 2.15. The Balaban J connectivity index is 1.65. The van der Waals surface area contributed by atoms with Crippen LogP contribution in [0.3, 0.4) is 0 Å². The predicted octanol–water partition coefficient (Wildman–Crippen LogP) is 3.84. The summed E-state index contributed by atoms with van der Waals surface area (Å²) in [6.07, 6.45) is 0. The molecule has 6 heteroatoms. The molecule has 0 saturated carbocycles. The summed E-state index contributed by atoms with van der Waals surface area (Å²) in [4.78, 5) is 17.6. The van der Waals surface area contributed by atoms with Crippen molar-refractivity contribution in [2.24, 2.45) is 0 Å². The smallest absolute Gasteiger partial charge is 0.259 e. The first kappa shape index (κ1) is 20.6. The van der Waals surface area contributed by atoms with Crippen molar-refractivity contribution >= 4 is 23.2 Å². The van der Waals surface area contributed by atoms with Gasteiger partial charge in [0.15, 0.2) is 0 Å². The Bertz CT molecular complexity index is 833. The first-order valence-corrected chi connectivity index (χ1v) is 10.0. The highest BCUT2D eigenvalue weighted by Crippen LogP contribution is 2.25. The molecular formula is C22H28ClN3O2. The van der Waals surface area contributed by atoms with Crippen LogP contribution in [0.4, 0.5) is 5.69 Å². The molecule has 1 aliphatic heterocycles. The van der Waals surface area contributed by atoms with E-state index in [9.17, 15) is 4.79 Å². The normalized spacial score (nSPS) is 15.4.